The molecule has 2 aromatic carbocycles. The second-order valence-electron chi connectivity index (χ2n) is 8.54. The predicted octanol–water partition coefficient (Wildman–Crippen LogP) is 2.43. The van der Waals surface area contributed by atoms with Crippen LogP contribution < -0.4 is 15.4 Å². The Labute approximate surface area is 179 Å². The minimum Gasteiger partial charge on any atom is -0.491 e. The highest BCUT2D eigenvalue weighted by Gasteiger charge is 2.54. The minimum absolute atomic E-state index is 0.0561. The summed E-state index contributed by atoms with van der Waals surface area (Å²) in [6, 6.07) is 11.9. The molecule has 1 saturated carbocycles. The van der Waals surface area contributed by atoms with E-state index in [-0.39, 0.29) is 23.8 Å². The number of hydrogen-bond acceptors (Lipinski definition) is 4. The number of rotatable bonds is 4. The van der Waals surface area contributed by atoms with Crippen molar-refractivity contribution in [2.24, 2.45) is 11.8 Å². The van der Waals surface area contributed by atoms with Crippen molar-refractivity contribution in [1.29, 1.82) is 0 Å². The van der Waals surface area contributed by atoms with Crippen LogP contribution in [0.3, 0.4) is 0 Å². The van der Waals surface area contributed by atoms with Gasteiger partial charge in [-0.2, -0.15) is 0 Å². The number of carbonyl (C=O) groups is 2. The number of fused-ring (bicyclic) bond motifs is 3. The van der Waals surface area contributed by atoms with Crippen molar-refractivity contribution in [2.45, 2.75) is 12.0 Å². The zero-order chi connectivity index (χ0) is 21.1. The summed E-state index contributed by atoms with van der Waals surface area (Å²) in [4.78, 5) is 28.9. The highest BCUT2D eigenvalue weighted by atomic mass is 16.5. The molecule has 7 nitrogen and oxygen atoms in total. The first-order chi connectivity index (χ1) is 15.2. The Hall–Kier alpha value is -3.32. The van der Waals surface area contributed by atoms with Crippen LogP contribution >= 0.6 is 0 Å². The molecular weight excluding hydrogens is 394 g/mol. The van der Waals surface area contributed by atoms with Crippen molar-refractivity contribution < 1.29 is 19.1 Å². The molecule has 158 valence electrons. The van der Waals surface area contributed by atoms with Crippen molar-refractivity contribution >= 4 is 22.7 Å². The Morgan fingerprint density at radius 1 is 1.03 bits per heavy atom. The lowest BCUT2D eigenvalue weighted by atomic mass is 9.88. The fraction of sp³-hybridized carbons (Fsp3) is 0.333. The van der Waals surface area contributed by atoms with E-state index in [4.69, 9.17) is 9.47 Å². The molecule has 6 rings (SSSR count). The van der Waals surface area contributed by atoms with Gasteiger partial charge in [0.25, 0.3) is 11.8 Å². The number of nitrogens with one attached hydrogen (secondary N) is 3. The van der Waals surface area contributed by atoms with Gasteiger partial charge in [0, 0.05) is 59.1 Å². The Balaban J connectivity index is 1.40. The molecule has 31 heavy (non-hydrogen) atoms. The molecule has 7 heteroatoms. The number of ether oxygens (including phenoxy) is 2. The van der Waals surface area contributed by atoms with E-state index >= 15 is 0 Å². The largest absolute Gasteiger partial charge is 0.491 e. The van der Waals surface area contributed by atoms with E-state index in [2.05, 4.69) is 21.7 Å². The molecule has 2 fully saturated rings. The van der Waals surface area contributed by atoms with Crippen LogP contribution in [0.4, 0.5) is 0 Å². The van der Waals surface area contributed by atoms with E-state index in [1.165, 1.54) is 0 Å². The SMILES string of the molecule is CNC(=O)c1cc(C(=O)N[C@H]2[C@@H]3COC[C@@H]32)cc2c1OCC2c1cccc2[nH]ccc12. The Morgan fingerprint density at radius 3 is 2.68 bits per heavy atom. The third kappa shape index (κ3) is 2.84. The van der Waals surface area contributed by atoms with Crippen LogP contribution in [0.5, 0.6) is 5.75 Å². The quantitative estimate of drug-likeness (QED) is 0.608. The van der Waals surface area contributed by atoms with Gasteiger partial charge in [0.1, 0.15) is 5.75 Å². The van der Waals surface area contributed by atoms with Gasteiger partial charge in [-0.15, -0.1) is 0 Å². The Morgan fingerprint density at radius 2 is 1.87 bits per heavy atom. The van der Waals surface area contributed by atoms with E-state index in [0.29, 0.717) is 48.5 Å². The van der Waals surface area contributed by atoms with Crippen LogP contribution in [0.25, 0.3) is 10.9 Å². The summed E-state index contributed by atoms with van der Waals surface area (Å²) >= 11 is 0. The van der Waals surface area contributed by atoms with Gasteiger partial charge >= 0.3 is 0 Å². The summed E-state index contributed by atoms with van der Waals surface area (Å²) in [5.41, 5.74) is 3.92. The molecule has 0 radical (unpaired) electrons. The molecule has 3 N–H and O–H groups in total. The first-order valence-electron chi connectivity index (χ1n) is 10.6. The average molecular weight is 417 g/mol. The zero-order valence-electron chi connectivity index (χ0n) is 17.1. The van der Waals surface area contributed by atoms with Crippen molar-refractivity contribution in [2.75, 3.05) is 26.9 Å². The standard InChI is InChI=1S/C24H23N3O4/c1-25-24(29)16-8-12(23(28)27-21-18-9-30-10-19(18)21)7-15-17(11-31-22(15)16)13-3-2-4-20-14(13)5-6-26-20/h2-8,17-19,21,26H,9-11H2,1H3,(H,25,29)(H,27,28)/t17?,18-,19+,21+. The van der Waals surface area contributed by atoms with Gasteiger partial charge in [-0.3, -0.25) is 9.59 Å². The fourth-order valence-corrected chi connectivity index (χ4v) is 5.12. The average Bonchev–Trinajstić information content (AvgIpc) is 3.29. The van der Waals surface area contributed by atoms with E-state index < -0.39 is 0 Å². The van der Waals surface area contributed by atoms with Gasteiger partial charge in [0.15, 0.2) is 0 Å². The lowest BCUT2D eigenvalue weighted by Gasteiger charge is -2.14. The molecule has 1 aliphatic carbocycles. The summed E-state index contributed by atoms with van der Waals surface area (Å²) in [6.45, 7) is 1.85. The number of aromatic nitrogens is 1. The minimum atomic E-state index is -0.261. The van der Waals surface area contributed by atoms with Crippen LogP contribution in [-0.2, 0) is 4.74 Å². The summed E-state index contributed by atoms with van der Waals surface area (Å²) in [6.07, 6.45) is 1.92. The van der Waals surface area contributed by atoms with Gasteiger partial charge in [-0.25, -0.2) is 0 Å². The van der Waals surface area contributed by atoms with E-state index in [9.17, 15) is 9.59 Å². The molecule has 0 bridgehead atoms. The molecule has 1 aromatic heterocycles. The predicted molar refractivity (Wildman–Crippen MR) is 115 cm³/mol. The number of H-pyrrole nitrogens is 1. The van der Waals surface area contributed by atoms with Gasteiger partial charge in [-0.05, 0) is 29.8 Å². The number of hydrogen-bond donors (Lipinski definition) is 3. The van der Waals surface area contributed by atoms with Gasteiger partial charge in [0.05, 0.1) is 25.4 Å². The lowest BCUT2D eigenvalue weighted by molar-refractivity contribution is 0.0929. The molecular formula is C24H23N3O4. The number of carbonyl (C=O) groups excluding carboxylic acids is 2. The molecule has 3 aliphatic rings. The van der Waals surface area contributed by atoms with Crippen LogP contribution in [0.1, 0.15) is 37.8 Å². The number of benzene rings is 2. The smallest absolute Gasteiger partial charge is 0.254 e. The second kappa shape index (κ2) is 6.85. The Bertz CT molecular complexity index is 1210. The summed E-state index contributed by atoms with van der Waals surface area (Å²) in [5, 5.41) is 6.92. The summed E-state index contributed by atoms with van der Waals surface area (Å²) in [5.74, 6) is 0.920. The lowest BCUT2D eigenvalue weighted by Crippen LogP contribution is -2.30. The van der Waals surface area contributed by atoms with E-state index in [0.717, 1.165) is 22.0 Å². The highest BCUT2D eigenvalue weighted by Crippen LogP contribution is 2.45. The van der Waals surface area contributed by atoms with Crippen molar-refractivity contribution in [3.05, 3.63) is 64.8 Å². The maximum atomic E-state index is 13.1. The normalized spacial score (nSPS) is 25.6. The first-order valence-corrected chi connectivity index (χ1v) is 10.6. The van der Waals surface area contributed by atoms with E-state index in [1.807, 2.05) is 30.5 Å². The second-order valence-corrected chi connectivity index (χ2v) is 8.54. The maximum absolute atomic E-state index is 13.1. The highest BCUT2D eigenvalue weighted by molar-refractivity contribution is 6.02. The van der Waals surface area contributed by atoms with Gasteiger partial charge in [-0.1, -0.05) is 12.1 Å². The zero-order valence-corrected chi connectivity index (χ0v) is 17.1. The molecule has 3 heterocycles. The van der Waals surface area contributed by atoms with Crippen molar-refractivity contribution in [3.63, 3.8) is 0 Å². The first kappa shape index (κ1) is 18.4. The molecule has 2 amide bonds. The molecule has 0 spiro atoms. The van der Waals surface area contributed by atoms with Crippen LogP contribution in [0.2, 0.25) is 0 Å². The molecule has 1 unspecified atom stereocenters. The van der Waals surface area contributed by atoms with Crippen molar-refractivity contribution in [3.8, 4) is 5.75 Å². The van der Waals surface area contributed by atoms with Crippen LogP contribution in [0.15, 0.2) is 42.6 Å². The van der Waals surface area contributed by atoms with E-state index in [1.54, 1.807) is 13.1 Å². The maximum Gasteiger partial charge on any atom is 0.254 e. The molecule has 1 saturated heterocycles. The fourth-order valence-electron chi connectivity index (χ4n) is 5.12. The number of aromatic amines is 1. The monoisotopic (exact) mass is 417 g/mol. The van der Waals surface area contributed by atoms with Crippen molar-refractivity contribution in [1.82, 2.24) is 15.6 Å². The number of amides is 2. The molecule has 2 aliphatic heterocycles. The molecule has 3 aromatic rings. The molecule has 4 atom stereocenters. The van der Waals surface area contributed by atoms with Crippen LogP contribution in [-0.4, -0.2) is 49.7 Å². The topological polar surface area (TPSA) is 92.5 Å². The summed E-state index contributed by atoms with van der Waals surface area (Å²) < 4.78 is 11.4. The van der Waals surface area contributed by atoms with Gasteiger partial charge in [0.2, 0.25) is 0 Å². The third-order valence-electron chi connectivity index (χ3n) is 6.88. The third-order valence-corrected chi connectivity index (χ3v) is 6.88. The summed E-state index contributed by atoms with van der Waals surface area (Å²) in [7, 11) is 1.58. The Kier molecular flexibility index (Phi) is 4.08. The van der Waals surface area contributed by atoms with Gasteiger partial charge < -0.3 is 25.1 Å². The van der Waals surface area contributed by atoms with Crippen LogP contribution in [0, 0.1) is 11.8 Å².